The van der Waals surface area contributed by atoms with E-state index in [0.29, 0.717) is 11.8 Å². The maximum Gasteiger partial charge on any atom is 0.0641 e. The fraction of sp³-hybridized carbons (Fsp3) is 0.195. The van der Waals surface area contributed by atoms with E-state index in [-0.39, 0.29) is 10.8 Å². The quantitative estimate of drug-likeness (QED) is 0.136. The van der Waals surface area contributed by atoms with Crippen molar-refractivity contribution in [2.24, 2.45) is 0 Å². The second kappa shape index (κ2) is 19.6. The molecule has 4 heterocycles. The topological polar surface area (TPSA) is 15.3 Å². The maximum absolute atomic E-state index is 2.58. The van der Waals surface area contributed by atoms with E-state index in [1.165, 1.54) is 132 Å². The van der Waals surface area contributed by atoms with Crippen LogP contribution in [-0.4, -0.2) is 8.80 Å². The summed E-state index contributed by atoms with van der Waals surface area (Å²) < 4.78 is 5.16. The van der Waals surface area contributed by atoms with Gasteiger partial charge in [-0.2, -0.15) is 0 Å². The Hall–Kier alpha value is -9.38. The lowest BCUT2D eigenvalue weighted by atomic mass is 9.85. The Morgan fingerprint density at radius 3 is 1.08 bits per heavy atom. The largest absolute Gasteiger partial charge is 0.309 e. The monoisotopic (exact) mass is 1110 g/mol. The SMILES string of the molecule is Cc1cccc(N(c2ccc(C(C)C)cc2-c2ccc(C(C)(C)C)cc2)c2ccc3c4cc5c(cc4n4c6ccccc6c2c34)c2ccc(N(c3cccc(C)c3)c3ccc(C(C)C)cc3-c3ccc(C(C)(C)C)cc3)c3c4ccccc4n5c23)c1. The van der Waals surface area contributed by atoms with Crippen molar-refractivity contribution in [1.82, 2.24) is 8.80 Å². The molecule has 0 saturated heterocycles. The van der Waals surface area contributed by atoms with Crippen LogP contribution in [0.2, 0.25) is 0 Å². The standard InChI is InChI=1S/C82H74N4/c1-49(2)55-31-39-71(65(45-55)53-27-33-57(34-28-53)81(7,8)9)83(59-21-17-19-51(5)43-59)73-41-37-61-67-47-76-68(48-75(67)85-69-25-15-13-23-63(69)77(73)79(61)85)62-38-42-74(78-64-24-14-16-26-70(64)86(76)80(62)78)84(60-22-18-20-52(6)44-60)72-40-32-56(50(3)4)46-66(72)54-29-35-58(36-30-54)82(10,11)12/h13-50H,1-12H3. The molecule has 0 spiro atoms. The molecule has 0 amide bonds. The molecular weight excluding hydrogens is 1040 g/mol. The summed E-state index contributed by atoms with van der Waals surface area (Å²) in [5, 5.41) is 9.97. The molecule has 422 valence electrons. The number of benzene rings is 11. The number of rotatable bonds is 10. The van der Waals surface area contributed by atoms with E-state index in [9.17, 15) is 0 Å². The molecule has 4 heteroatoms. The first-order chi connectivity index (χ1) is 41.4. The highest BCUT2D eigenvalue weighted by Gasteiger charge is 2.30. The number of aryl methyl sites for hydroxylation is 2. The number of para-hydroxylation sites is 2. The van der Waals surface area contributed by atoms with Crippen LogP contribution in [0.15, 0.2) is 218 Å². The predicted molar refractivity (Wildman–Crippen MR) is 371 cm³/mol. The Balaban J connectivity index is 0.984. The van der Waals surface area contributed by atoms with Gasteiger partial charge in [0, 0.05) is 65.6 Å². The van der Waals surface area contributed by atoms with Gasteiger partial charge in [-0.3, -0.25) is 0 Å². The van der Waals surface area contributed by atoms with E-state index < -0.39 is 0 Å². The van der Waals surface area contributed by atoms with E-state index in [4.69, 9.17) is 0 Å². The molecule has 15 rings (SSSR count). The fourth-order valence-electron chi connectivity index (χ4n) is 14.2. The molecule has 0 aliphatic rings. The van der Waals surface area contributed by atoms with Crippen molar-refractivity contribution in [3.8, 4) is 22.3 Å². The molecule has 0 radical (unpaired) electrons. The lowest BCUT2D eigenvalue weighted by Gasteiger charge is -2.30. The van der Waals surface area contributed by atoms with Gasteiger partial charge in [-0.1, -0.05) is 203 Å². The third kappa shape index (κ3) is 8.31. The minimum atomic E-state index is 0.0466. The summed E-state index contributed by atoms with van der Waals surface area (Å²) >= 11 is 0. The van der Waals surface area contributed by atoms with Crippen molar-refractivity contribution < 1.29 is 0 Å². The number of nitrogens with zero attached hydrogens (tertiary/aromatic N) is 4. The number of aromatic nitrogens is 2. The van der Waals surface area contributed by atoms with Gasteiger partial charge >= 0.3 is 0 Å². The fourth-order valence-corrected chi connectivity index (χ4v) is 14.2. The molecular formula is C82H74N4. The van der Waals surface area contributed by atoms with E-state index >= 15 is 0 Å². The van der Waals surface area contributed by atoms with E-state index in [1.807, 2.05) is 0 Å². The van der Waals surface area contributed by atoms with Gasteiger partial charge in [0.25, 0.3) is 0 Å². The Labute approximate surface area is 505 Å². The van der Waals surface area contributed by atoms with Crippen LogP contribution in [0.4, 0.5) is 34.1 Å². The molecule has 0 unspecified atom stereocenters. The number of fused-ring (bicyclic) bond motifs is 12. The third-order valence-corrected chi connectivity index (χ3v) is 18.7. The summed E-state index contributed by atoms with van der Waals surface area (Å²) in [6, 6.07) is 83.9. The van der Waals surface area contributed by atoms with Crippen LogP contribution < -0.4 is 9.80 Å². The molecule has 0 bridgehead atoms. The summed E-state index contributed by atoms with van der Waals surface area (Å²) in [6.45, 7) is 27.4. The smallest absolute Gasteiger partial charge is 0.0641 e. The van der Waals surface area contributed by atoms with Crippen LogP contribution in [0.3, 0.4) is 0 Å². The zero-order valence-corrected chi connectivity index (χ0v) is 51.7. The average Bonchev–Trinajstić information content (AvgIpc) is 1.58. The van der Waals surface area contributed by atoms with Crippen LogP contribution in [0.25, 0.3) is 98.4 Å². The summed E-state index contributed by atoms with van der Waals surface area (Å²) in [5.74, 6) is 0.738. The maximum atomic E-state index is 2.58. The predicted octanol–water partition coefficient (Wildman–Crippen LogP) is 23.7. The van der Waals surface area contributed by atoms with Gasteiger partial charge < -0.3 is 18.6 Å². The molecule has 4 nitrogen and oxygen atoms in total. The molecule has 11 aromatic carbocycles. The van der Waals surface area contributed by atoms with Crippen molar-refractivity contribution in [3.63, 3.8) is 0 Å². The number of anilines is 6. The van der Waals surface area contributed by atoms with Crippen LogP contribution in [-0.2, 0) is 10.8 Å². The molecule has 0 saturated carbocycles. The minimum absolute atomic E-state index is 0.0466. The van der Waals surface area contributed by atoms with Gasteiger partial charge in [-0.25, -0.2) is 0 Å². The van der Waals surface area contributed by atoms with Crippen molar-refractivity contribution in [2.45, 2.75) is 106 Å². The number of hydrogen-bond acceptors (Lipinski definition) is 2. The second-order valence-electron chi connectivity index (χ2n) is 27.2. The average molecular weight is 1120 g/mol. The highest BCUT2D eigenvalue weighted by Crippen LogP contribution is 2.53. The van der Waals surface area contributed by atoms with Gasteiger partial charge in [0.05, 0.1) is 55.8 Å². The molecule has 4 aromatic heterocycles. The van der Waals surface area contributed by atoms with Crippen LogP contribution in [0.5, 0.6) is 0 Å². The zero-order chi connectivity index (χ0) is 59.2. The number of hydrogen-bond donors (Lipinski definition) is 0. The van der Waals surface area contributed by atoms with Crippen LogP contribution in [0, 0.1) is 13.8 Å². The Morgan fingerprint density at radius 1 is 0.326 bits per heavy atom. The highest BCUT2D eigenvalue weighted by molar-refractivity contribution is 6.32. The summed E-state index contributed by atoms with van der Waals surface area (Å²) in [7, 11) is 0. The first-order valence-corrected chi connectivity index (χ1v) is 31.0. The normalized spacial score (nSPS) is 12.6. The van der Waals surface area contributed by atoms with Gasteiger partial charge in [-0.15, -0.1) is 0 Å². The van der Waals surface area contributed by atoms with Gasteiger partial charge in [0.1, 0.15) is 0 Å². The van der Waals surface area contributed by atoms with Gasteiger partial charge in [0.15, 0.2) is 0 Å². The third-order valence-electron chi connectivity index (χ3n) is 18.7. The second-order valence-corrected chi connectivity index (χ2v) is 27.2. The highest BCUT2D eigenvalue weighted by atomic mass is 15.2. The molecule has 0 fully saturated rings. The Bertz CT molecular complexity index is 4820. The van der Waals surface area contributed by atoms with E-state index in [0.717, 1.165) is 34.1 Å². The minimum Gasteiger partial charge on any atom is -0.309 e. The Kier molecular flexibility index (Phi) is 12.2. The summed E-state index contributed by atoms with van der Waals surface area (Å²) in [5.41, 5.74) is 26.9. The van der Waals surface area contributed by atoms with E-state index in [1.54, 1.807) is 0 Å². The first kappa shape index (κ1) is 53.4. The molecule has 0 aliphatic heterocycles. The van der Waals surface area contributed by atoms with Gasteiger partial charge in [-0.05, 0) is 166 Å². The van der Waals surface area contributed by atoms with Crippen LogP contribution in [0.1, 0.15) is 114 Å². The lowest BCUT2D eigenvalue weighted by molar-refractivity contribution is 0.590. The zero-order valence-electron chi connectivity index (χ0n) is 51.7. The van der Waals surface area contributed by atoms with Crippen molar-refractivity contribution in [3.05, 3.63) is 252 Å². The lowest BCUT2D eigenvalue weighted by Crippen LogP contribution is -2.13. The molecule has 86 heavy (non-hydrogen) atoms. The molecule has 0 aliphatic carbocycles. The molecule has 0 atom stereocenters. The van der Waals surface area contributed by atoms with Crippen LogP contribution >= 0.6 is 0 Å². The Morgan fingerprint density at radius 2 is 0.709 bits per heavy atom. The van der Waals surface area contributed by atoms with Crippen molar-refractivity contribution in [1.29, 1.82) is 0 Å². The summed E-state index contributed by atoms with van der Waals surface area (Å²) in [4.78, 5) is 5.09. The molecule has 15 aromatic rings. The first-order valence-electron chi connectivity index (χ1n) is 31.0. The van der Waals surface area contributed by atoms with Crippen molar-refractivity contribution in [2.75, 3.05) is 9.80 Å². The van der Waals surface area contributed by atoms with E-state index in [2.05, 4.69) is 320 Å². The summed E-state index contributed by atoms with van der Waals surface area (Å²) in [6.07, 6.45) is 0. The molecule has 0 N–H and O–H groups in total. The van der Waals surface area contributed by atoms with Gasteiger partial charge in [0.2, 0.25) is 0 Å². The van der Waals surface area contributed by atoms with Crippen molar-refractivity contribution >= 4 is 110 Å².